The Morgan fingerprint density at radius 1 is 1.28 bits per heavy atom. The molecular formula is C13H27N3O2. The molecule has 2 aliphatic rings. The van der Waals surface area contributed by atoms with Gasteiger partial charge in [-0.05, 0) is 13.8 Å². The Bertz CT molecular complexity index is 255. The van der Waals surface area contributed by atoms with Gasteiger partial charge in [-0.25, -0.2) is 0 Å². The van der Waals surface area contributed by atoms with Gasteiger partial charge in [0, 0.05) is 51.9 Å². The molecule has 0 radical (unpaired) electrons. The maximum atomic E-state index is 10.2. The van der Waals surface area contributed by atoms with Crippen LogP contribution in [0.4, 0.5) is 0 Å². The van der Waals surface area contributed by atoms with E-state index in [1.165, 1.54) is 0 Å². The Morgan fingerprint density at radius 2 is 1.94 bits per heavy atom. The second-order valence-corrected chi connectivity index (χ2v) is 5.97. The molecule has 2 aliphatic heterocycles. The first-order valence-electron chi connectivity index (χ1n) is 7.03. The van der Waals surface area contributed by atoms with Gasteiger partial charge in [0.15, 0.2) is 0 Å². The predicted octanol–water partition coefficient (Wildman–Crippen LogP) is -0.637. The highest BCUT2D eigenvalue weighted by Crippen LogP contribution is 2.11. The first-order valence-corrected chi connectivity index (χ1v) is 7.03. The lowest BCUT2D eigenvalue weighted by Crippen LogP contribution is -2.46. The van der Waals surface area contributed by atoms with Gasteiger partial charge in [-0.3, -0.25) is 9.80 Å². The number of rotatable bonds is 3. The van der Waals surface area contributed by atoms with Crippen molar-refractivity contribution in [3.05, 3.63) is 0 Å². The molecule has 0 amide bonds. The summed E-state index contributed by atoms with van der Waals surface area (Å²) in [5, 5.41) is 13.6. The summed E-state index contributed by atoms with van der Waals surface area (Å²) in [6.45, 7) is 12.5. The summed E-state index contributed by atoms with van der Waals surface area (Å²) in [5.74, 6) is 0. The van der Waals surface area contributed by atoms with Crippen LogP contribution in [-0.4, -0.2) is 85.6 Å². The lowest BCUT2D eigenvalue weighted by atomic mass is 10.1. The Labute approximate surface area is 110 Å². The van der Waals surface area contributed by atoms with Gasteiger partial charge in [-0.2, -0.15) is 0 Å². The maximum Gasteiger partial charge on any atom is 0.0869 e. The Balaban J connectivity index is 1.79. The van der Waals surface area contributed by atoms with Crippen LogP contribution in [0.1, 0.15) is 13.8 Å². The van der Waals surface area contributed by atoms with Gasteiger partial charge in [-0.1, -0.05) is 0 Å². The highest BCUT2D eigenvalue weighted by Gasteiger charge is 2.28. The van der Waals surface area contributed by atoms with Gasteiger partial charge in [0.1, 0.15) is 0 Å². The number of hydrogen-bond donors (Lipinski definition) is 2. The maximum absolute atomic E-state index is 10.2. The highest BCUT2D eigenvalue weighted by molar-refractivity contribution is 4.87. The van der Waals surface area contributed by atoms with E-state index in [1.54, 1.807) is 0 Å². The highest BCUT2D eigenvalue weighted by atomic mass is 16.5. The summed E-state index contributed by atoms with van der Waals surface area (Å²) < 4.78 is 5.36. The molecule has 0 aromatic carbocycles. The minimum atomic E-state index is -0.615. The van der Waals surface area contributed by atoms with Crippen LogP contribution >= 0.6 is 0 Å². The average Bonchev–Trinajstić information content (AvgIpc) is 2.47. The number of hydrogen-bond acceptors (Lipinski definition) is 5. The fourth-order valence-electron chi connectivity index (χ4n) is 2.73. The molecule has 2 atom stereocenters. The van der Waals surface area contributed by atoms with Crippen molar-refractivity contribution in [2.45, 2.75) is 25.5 Å². The van der Waals surface area contributed by atoms with Gasteiger partial charge in [0.2, 0.25) is 0 Å². The largest absolute Gasteiger partial charge is 0.388 e. The Hall–Kier alpha value is -0.200. The Morgan fingerprint density at radius 3 is 2.67 bits per heavy atom. The molecule has 2 heterocycles. The quantitative estimate of drug-likeness (QED) is 0.704. The Kier molecular flexibility index (Phi) is 4.98. The molecule has 2 rings (SSSR count). The van der Waals surface area contributed by atoms with Crippen LogP contribution in [-0.2, 0) is 4.74 Å². The fraction of sp³-hybridized carbons (Fsp3) is 1.00. The third kappa shape index (κ3) is 4.48. The van der Waals surface area contributed by atoms with E-state index < -0.39 is 5.60 Å². The molecule has 5 heteroatoms. The van der Waals surface area contributed by atoms with E-state index in [1.807, 2.05) is 6.92 Å². The number of nitrogens with one attached hydrogen (secondary N) is 1. The molecule has 2 N–H and O–H groups in total. The topological polar surface area (TPSA) is 48.0 Å². The van der Waals surface area contributed by atoms with Crippen LogP contribution in [0.3, 0.4) is 0 Å². The number of morpholine rings is 1. The normalized spacial score (nSPS) is 36.5. The van der Waals surface area contributed by atoms with Crippen LogP contribution in [0, 0.1) is 0 Å². The van der Waals surface area contributed by atoms with E-state index in [4.69, 9.17) is 4.74 Å². The molecule has 2 saturated heterocycles. The van der Waals surface area contributed by atoms with Crippen molar-refractivity contribution >= 4 is 0 Å². The van der Waals surface area contributed by atoms with Crippen LogP contribution in [0.15, 0.2) is 0 Å². The summed E-state index contributed by atoms with van der Waals surface area (Å²) in [4.78, 5) is 4.82. The summed E-state index contributed by atoms with van der Waals surface area (Å²) in [6, 6.07) is 0.448. The van der Waals surface area contributed by atoms with Crippen molar-refractivity contribution in [1.29, 1.82) is 0 Å². The van der Waals surface area contributed by atoms with E-state index in [0.29, 0.717) is 12.6 Å². The zero-order chi connectivity index (χ0) is 13.0. The van der Waals surface area contributed by atoms with Crippen LogP contribution in [0.25, 0.3) is 0 Å². The summed E-state index contributed by atoms with van der Waals surface area (Å²) >= 11 is 0. The SMILES string of the molecule is CC1CN(CCN2CCOCC2)CC(C)(O)CN1. The van der Waals surface area contributed by atoms with Gasteiger partial charge >= 0.3 is 0 Å². The molecule has 0 spiro atoms. The number of ether oxygens (including phenoxy) is 1. The molecule has 106 valence electrons. The second-order valence-electron chi connectivity index (χ2n) is 5.97. The van der Waals surface area contributed by atoms with E-state index >= 15 is 0 Å². The van der Waals surface area contributed by atoms with Gasteiger partial charge < -0.3 is 15.2 Å². The lowest BCUT2D eigenvalue weighted by Gasteiger charge is -2.32. The third-order valence-electron chi connectivity index (χ3n) is 3.76. The average molecular weight is 257 g/mol. The number of β-amino-alcohol motifs (C(OH)–C–C–N with tert-alkyl or cyclic N) is 1. The first-order chi connectivity index (χ1) is 8.55. The standard InChI is InChI=1S/C13H27N3O2/c1-12-9-16(11-13(2,17)10-14-12)4-3-15-5-7-18-8-6-15/h12,14,17H,3-11H2,1-2H3. The van der Waals surface area contributed by atoms with Crippen LogP contribution in [0.5, 0.6) is 0 Å². The van der Waals surface area contributed by atoms with Crippen LogP contribution < -0.4 is 5.32 Å². The monoisotopic (exact) mass is 257 g/mol. The fourth-order valence-corrected chi connectivity index (χ4v) is 2.73. The molecule has 0 saturated carbocycles. The number of aliphatic hydroxyl groups is 1. The molecule has 2 unspecified atom stereocenters. The molecular weight excluding hydrogens is 230 g/mol. The van der Waals surface area contributed by atoms with Crippen molar-refractivity contribution in [3.8, 4) is 0 Å². The van der Waals surface area contributed by atoms with Crippen molar-refractivity contribution in [3.63, 3.8) is 0 Å². The molecule has 18 heavy (non-hydrogen) atoms. The van der Waals surface area contributed by atoms with Crippen molar-refractivity contribution in [1.82, 2.24) is 15.1 Å². The first kappa shape index (κ1) is 14.2. The van der Waals surface area contributed by atoms with Crippen molar-refractivity contribution < 1.29 is 9.84 Å². The summed E-state index contributed by atoms with van der Waals surface area (Å²) in [7, 11) is 0. The molecule has 0 aromatic heterocycles. The second kappa shape index (κ2) is 6.30. The van der Waals surface area contributed by atoms with Gasteiger partial charge in [0.05, 0.1) is 18.8 Å². The molecule has 0 bridgehead atoms. The van der Waals surface area contributed by atoms with Gasteiger partial charge in [-0.15, -0.1) is 0 Å². The van der Waals surface area contributed by atoms with E-state index in [2.05, 4.69) is 22.0 Å². The lowest BCUT2D eigenvalue weighted by molar-refractivity contribution is 0.0168. The van der Waals surface area contributed by atoms with E-state index in [9.17, 15) is 5.11 Å². The van der Waals surface area contributed by atoms with Gasteiger partial charge in [0.25, 0.3) is 0 Å². The smallest absolute Gasteiger partial charge is 0.0869 e. The van der Waals surface area contributed by atoms with E-state index in [-0.39, 0.29) is 0 Å². The third-order valence-corrected chi connectivity index (χ3v) is 3.76. The van der Waals surface area contributed by atoms with Crippen LogP contribution in [0.2, 0.25) is 0 Å². The molecule has 0 aliphatic carbocycles. The predicted molar refractivity (Wildman–Crippen MR) is 71.8 cm³/mol. The molecule has 2 fully saturated rings. The molecule has 5 nitrogen and oxygen atoms in total. The summed E-state index contributed by atoms with van der Waals surface area (Å²) in [6.07, 6.45) is 0. The zero-order valence-electron chi connectivity index (χ0n) is 11.7. The zero-order valence-corrected chi connectivity index (χ0v) is 11.7. The summed E-state index contributed by atoms with van der Waals surface area (Å²) in [5.41, 5.74) is -0.615. The van der Waals surface area contributed by atoms with Crippen molar-refractivity contribution in [2.75, 3.05) is 59.0 Å². The van der Waals surface area contributed by atoms with Crippen molar-refractivity contribution in [2.24, 2.45) is 0 Å². The molecule has 0 aromatic rings. The minimum absolute atomic E-state index is 0.448. The number of nitrogens with zero attached hydrogens (tertiary/aromatic N) is 2. The van der Waals surface area contributed by atoms with E-state index in [0.717, 1.165) is 52.5 Å². The minimum Gasteiger partial charge on any atom is -0.388 e.